The zero-order valence-electron chi connectivity index (χ0n) is 47.2. The molecule has 71 heavy (non-hydrogen) atoms. The average Bonchev–Trinajstić information content (AvgIpc) is 3.37. The molecule has 1 unspecified atom stereocenters. The van der Waals surface area contributed by atoms with Gasteiger partial charge in [0, 0.05) is 19.3 Å². The van der Waals surface area contributed by atoms with Crippen LogP contribution in [0.1, 0.15) is 316 Å². The highest BCUT2D eigenvalue weighted by Crippen LogP contribution is 2.17. The summed E-state index contributed by atoms with van der Waals surface area (Å²) in [6, 6.07) is 0. The molecule has 0 fully saturated rings. The van der Waals surface area contributed by atoms with Crippen LogP contribution >= 0.6 is 0 Å². The van der Waals surface area contributed by atoms with Crippen LogP contribution in [0.15, 0.2) is 60.8 Å². The molecule has 412 valence electrons. The highest BCUT2D eigenvalue weighted by Gasteiger charge is 2.19. The summed E-state index contributed by atoms with van der Waals surface area (Å²) in [5.74, 6) is -0.882. The van der Waals surface area contributed by atoms with E-state index < -0.39 is 6.10 Å². The molecule has 0 spiro atoms. The normalized spacial score (nSPS) is 12.4. The predicted molar refractivity (Wildman–Crippen MR) is 307 cm³/mol. The molecule has 6 nitrogen and oxygen atoms in total. The van der Waals surface area contributed by atoms with Crippen LogP contribution in [-0.2, 0) is 28.6 Å². The Kier molecular flexibility index (Phi) is 57.2. The summed E-state index contributed by atoms with van der Waals surface area (Å²) >= 11 is 0. The molecule has 0 aromatic carbocycles. The second-order valence-electron chi connectivity index (χ2n) is 20.6. The Morgan fingerprint density at radius 2 is 0.549 bits per heavy atom. The fraction of sp³-hybridized carbons (Fsp3) is 0.800. The van der Waals surface area contributed by atoms with Crippen LogP contribution < -0.4 is 0 Å². The van der Waals surface area contributed by atoms with Crippen LogP contribution in [0.4, 0.5) is 0 Å². The van der Waals surface area contributed by atoms with Crippen molar-refractivity contribution >= 4 is 17.9 Å². The molecule has 6 heteroatoms. The zero-order chi connectivity index (χ0) is 51.4. The molecule has 0 aliphatic heterocycles. The third-order valence-corrected chi connectivity index (χ3v) is 13.5. The standard InChI is InChI=1S/C65H116O6/c1-4-7-10-13-16-19-22-25-28-29-30-31-32-33-34-35-38-40-43-46-49-52-55-58-64(67)70-61-62(71-65(68)59-56-53-50-47-44-41-37-27-24-21-18-15-12-9-6-3)60-69-63(66)57-54-51-48-45-42-39-36-26-23-20-17-14-11-8-5-2/h9,12,18,21-22,25,27,29-30,37,62H,4-8,10-11,13-17,19-20,23-24,26,28,31-36,38-61H2,1-3H3/b12-9-,21-18-,25-22-,30-29-,37-27-. The molecule has 0 saturated carbocycles. The third kappa shape index (κ3) is 57.9. The minimum Gasteiger partial charge on any atom is -0.462 e. The van der Waals surface area contributed by atoms with Gasteiger partial charge in [-0.3, -0.25) is 14.4 Å². The first-order valence-electron chi connectivity index (χ1n) is 30.8. The van der Waals surface area contributed by atoms with E-state index in [9.17, 15) is 14.4 Å². The highest BCUT2D eigenvalue weighted by molar-refractivity contribution is 5.71. The van der Waals surface area contributed by atoms with E-state index in [1.807, 2.05) is 0 Å². The molecular weight excluding hydrogens is 877 g/mol. The molecule has 0 N–H and O–H groups in total. The average molecular weight is 994 g/mol. The second-order valence-corrected chi connectivity index (χ2v) is 20.6. The monoisotopic (exact) mass is 993 g/mol. The fourth-order valence-corrected chi connectivity index (χ4v) is 8.90. The number of hydrogen-bond donors (Lipinski definition) is 0. The van der Waals surface area contributed by atoms with Gasteiger partial charge in [0.05, 0.1) is 0 Å². The molecule has 0 heterocycles. The Labute approximate surface area is 440 Å². The lowest BCUT2D eigenvalue weighted by molar-refractivity contribution is -0.167. The Bertz CT molecular complexity index is 1280. The molecule has 0 saturated heterocycles. The first-order valence-corrected chi connectivity index (χ1v) is 30.8. The van der Waals surface area contributed by atoms with Gasteiger partial charge >= 0.3 is 17.9 Å². The summed E-state index contributed by atoms with van der Waals surface area (Å²) in [6.07, 6.45) is 75.0. The van der Waals surface area contributed by atoms with E-state index in [4.69, 9.17) is 14.2 Å². The molecule has 0 radical (unpaired) electrons. The smallest absolute Gasteiger partial charge is 0.306 e. The summed E-state index contributed by atoms with van der Waals surface area (Å²) in [7, 11) is 0. The van der Waals surface area contributed by atoms with Crippen molar-refractivity contribution in [1.29, 1.82) is 0 Å². The Morgan fingerprint density at radius 1 is 0.296 bits per heavy atom. The van der Waals surface area contributed by atoms with E-state index in [2.05, 4.69) is 81.5 Å². The van der Waals surface area contributed by atoms with E-state index in [-0.39, 0.29) is 31.1 Å². The third-order valence-electron chi connectivity index (χ3n) is 13.5. The topological polar surface area (TPSA) is 78.9 Å². The Hall–Kier alpha value is -2.89. The van der Waals surface area contributed by atoms with Gasteiger partial charge < -0.3 is 14.2 Å². The maximum absolute atomic E-state index is 12.9. The highest BCUT2D eigenvalue weighted by atomic mass is 16.6. The number of ether oxygens (including phenoxy) is 3. The quantitative estimate of drug-likeness (QED) is 0.0261. The van der Waals surface area contributed by atoms with Crippen molar-refractivity contribution in [2.45, 2.75) is 322 Å². The van der Waals surface area contributed by atoms with E-state index in [1.54, 1.807) is 0 Å². The van der Waals surface area contributed by atoms with Crippen LogP contribution in [0.3, 0.4) is 0 Å². The molecule has 0 aliphatic carbocycles. The van der Waals surface area contributed by atoms with Crippen LogP contribution in [0.25, 0.3) is 0 Å². The first kappa shape index (κ1) is 68.1. The van der Waals surface area contributed by atoms with E-state index in [0.29, 0.717) is 19.3 Å². The first-order chi connectivity index (χ1) is 35.0. The number of esters is 3. The van der Waals surface area contributed by atoms with E-state index in [1.165, 1.54) is 173 Å². The molecule has 0 aliphatic rings. The maximum Gasteiger partial charge on any atom is 0.306 e. The molecular formula is C65H116O6. The van der Waals surface area contributed by atoms with Crippen molar-refractivity contribution in [3.63, 3.8) is 0 Å². The van der Waals surface area contributed by atoms with Gasteiger partial charge in [0.15, 0.2) is 6.10 Å². The molecule has 1 atom stereocenters. The lowest BCUT2D eigenvalue weighted by Crippen LogP contribution is -2.30. The lowest BCUT2D eigenvalue weighted by atomic mass is 10.0. The minimum atomic E-state index is -0.783. The van der Waals surface area contributed by atoms with Gasteiger partial charge in [0.2, 0.25) is 0 Å². The predicted octanol–water partition coefficient (Wildman–Crippen LogP) is 20.8. The van der Waals surface area contributed by atoms with Gasteiger partial charge in [0.25, 0.3) is 0 Å². The van der Waals surface area contributed by atoms with Crippen LogP contribution in [0.5, 0.6) is 0 Å². The van der Waals surface area contributed by atoms with Gasteiger partial charge in [0.1, 0.15) is 13.2 Å². The van der Waals surface area contributed by atoms with E-state index >= 15 is 0 Å². The number of unbranched alkanes of at least 4 members (excludes halogenated alkanes) is 35. The zero-order valence-corrected chi connectivity index (χ0v) is 47.2. The van der Waals surface area contributed by atoms with Crippen molar-refractivity contribution in [2.75, 3.05) is 13.2 Å². The number of hydrogen-bond acceptors (Lipinski definition) is 6. The van der Waals surface area contributed by atoms with Gasteiger partial charge in [-0.1, -0.05) is 274 Å². The van der Waals surface area contributed by atoms with Gasteiger partial charge in [-0.25, -0.2) is 0 Å². The van der Waals surface area contributed by atoms with E-state index in [0.717, 1.165) is 103 Å². The summed E-state index contributed by atoms with van der Waals surface area (Å²) in [5.41, 5.74) is 0. The van der Waals surface area contributed by atoms with Gasteiger partial charge in [-0.15, -0.1) is 0 Å². The molecule has 0 amide bonds. The van der Waals surface area contributed by atoms with Gasteiger partial charge in [-0.05, 0) is 83.5 Å². The van der Waals surface area contributed by atoms with Crippen LogP contribution in [-0.4, -0.2) is 37.2 Å². The number of carbonyl (C=O) groups excluding carboxylic acids is 3. The van der Waals surface area contributed by atoms with Crippen LogP contribution in [0, 0.1) is 0 Å². The van der Waals surface area contributed by atoms with Crippen molar-refractivity contribution in [3.05, 3.63) is 60.8 Å². The SMILES string of the molecule is CC/C=C\C/C=C\C/C=C\CCCCCCCC(=O)OC(COC(=O)CCCCCCCCCCCCC/C=C\C/C=C\CCCCCCC)COC(=O)CCCCCCCCCCCCCCCCC. The number of rotatable bonds is 56. The van der Waals surface area contributed by atoms with Crippen molar-refractivity contribution in [3.8, 4) is 0 Å². The summed E-state index contributed by atoms with van der Waals surface area (Å²) in [6.45, 7) is 6.54. The van der Waals surface area contributed by atoms with Crippen LogP contribution in [0.2, 0.25) is 0 Å². The number of allylic oxidation sites excluding steroid dienone is 10. The minimum absolute atomic E-state index is 0.0788. The second kappa shape index (κ2) is 59.7. The van der Waals surface area contributed by atoms with Crippen molar-refractivity contribution in [1.82, 2.24) is 0 Å². The molecule has 0 rings (SSSR count). The molecule has 0 bridgehead atoms. The summed E-state index contributed by atoms with van der Waals surface area (Å²) in [5, 5.41) is 0. The van der Waals surface area contributed by atoms with Crippen molar-refractivity contribution in [2.24, 2.45) is 0 Å². The molecule has 0 aromatic heterocycles. The largest absolute Gasteiger partial charge is 0.462 e. The number of carbonyl (C=O) groups is 3. The maximum atomic E-state index is 12.9. The van der Waals surface area contributed by atoms with Gasteiger partial charge in [-0.2, -0.15) is 0 Å². The fourth-order valence-electron chi connectivity index (χ4n) is 8.90. The lowest BCUT2D eigenvalue weighted by Gasteiger charge is -2.18. The van der Waals surface area contributed by atoms with Crippen molar-refractivity contribution < 1.29 is 28.6 Å². The molecule has 0 aromatic rings. The summed E-state index contributed by atoms with van der Waals surface area (Å²) in [4.78, 5) is 38.2. The summed E-state index contributed by atoms with van der Waals surface area (Å²) < 4.78 is 16.9. The Balaban J connectivity index is 4.32. The Morgan fingerprint density at radius 3 is 0.859 bits per heavy atom.